The third-order valence-corrected chi connectivity index (χ3v) is 2.46. The molecule has 1 aliphatic heterocycles. The van der Waals surface area contributed by atoms with Crippen molar-refractivity contribution in [1.29, 1.82) is 0 Å². The first-order valence-electron chi connectivity index (χ1n) is 5.49. The molecule has 0 aliphatic carbocycles. The Labute approximate surface area is 94.5 Å². The van der Waals surface area contributed by atoms with Crippen LogP contribution in [0.1, 0.15) is 29.6 Å². The summed E-state index contributed by atoms with van der Waals surface area (Å²) in [5.74, 6) is -0.241. The van der Waals surface area contributed by atoms with E-state index < -0.39 is 0 Å². The number of nitrogens with one attached hydrogen (secondary N) is 1. The zero-order valence-corrected chi connectivity index (χ0v) is 9.02. The minimum Gasteiger partial charge on any atom is -0.350 e. The molecule has 2 rings (SSSR count). The lowest BCUT2D eigenvalue weighted by atomic mass is 10.2. The van der Waals surface area contributed by atoms with Gasteiger partial charge in [-0.15, -0.1) is 0 Å². The molecule has 0 radical (unpaired) electrons. The molecule has 1 aromatic carbocycles. The monoisotopic (exact) mass is 221 g/mol. The molecule has 1 fully saturated rings. The standard InChI is InChI=1S/C12H15NO3/c14-12(10-6-2-1-3-7-10)13-16-11-8-4-5-9-15-11/h1-3,6-7,11H,4-5,8-9H2,(H,13,14). The number of amides is 1. The van der Waals surface area contributed by atoms with Gasteiger partial charge in [0.25, 0.3) is 5.91 Å². The van der Waals surface area contributed by atoms with Crippen molar-refractivity contribution >= 4 is 5.91 Å². The maximum Gasteiger partial charge on any atom is 0.274 e. The van der Waals surface area contributed by atoms with E-state index in [1.165, 1.54) is 0 Å². The highest BCUT2D eigenvalue weighted by Gasteiger charge is 2.15. The lowest BCUT2D eigenvalue weighted by Crippen LogP contribution is -2.33. The SMILES string of the molecule is O=C(NOC1CCCCO1)c1ccccc1. The van der Waals surface area contributed by atoms with Crippen LogP contribution in [0.4, 0.5) is 0 Å². The molecule has 0 bridgehead atoms. The lowest BCUT2D eigenvalue weighted by Gasteiger charge is -2.22. The molecule has 0 aromatic heterocycles. The van der Waals surface area contributed by atoms with Gasteiger partial charge in [0.15, 0.2) is 6.29 Å². The average Bonchev–Trinajstić information content (AvgIpc) is 2.38. The van der Waals surface area contributed by atoms with Gasteiger partial charge in [-0.05, 0) is 25.0 Å². The third kappa shape index (κ3) is 3.05. The van der Waals surface area contributed by atoms with E-state index in [9.17, 15) is 4.79 Å². The molecular formula is C12H15NO3. The van der Waals surface area contributed by atoms with E-state index >= 15 is 0 Å². The molecule has 4 heteroatoms. The van der Waals surface area contributed by atoms with Crippen LogP contribution in [0.5, 0.6) is 0 Å². The normalized spacial score (nSPS) is 20.4. The Bertz CT molecular complexity index is 333. The van der Waals surface area contributed by atoms with E-state index in [4.69, 9.17) is 9.57 Å². The molecule has 1 unspecified atom stereocenters. The van der Waals surface area contributed by atoms with Crippen LogP contribution in [0.15, 0.2) is 30.3 Å². The van der Waals surface area contributed by atoms with E-state index in [0.29, 0.717) is 12.2 Å². The van der Waals surface area contributed by atoms with Crippen molar-refractivity contribution in [3.05, 3.63) is 35.9 Å². The number of rotatable bonds is 3. The summed E-state index contributed by atoms with van der Waals surface area (Å²) in [7, 11) is 0. The van der Waals surface area contributed by atoms with Gasteiger partial charge in [-0.1, -0.05) is 18.2 Å². The van der Waals surface area contributed by atoms with Crippen molar-refractivity contribution in [2.45, 2.75) is 25.6 Å². The van der Waals surface area contributed by atoms with Gasteiger partial charge < -0.3 is 4.74 Å². The molecule has 0 spiro atoms. The number of hydrogen-bond acceptors (Lipinski definition) is 3. The Hall–Kier alpha value is -1.39. The number of benzene rings is 1. The van der Waals surface area contributed by atoms with Crippen LogP contribution in [0, 0.1) is 0 Å². The molecule has 16 heavy (non-hydrogen) atoms. The van der Waals surface area contributed by atoms with Gasteiger partial charge in [0.2, 0.25) is 0 Å². The first kappa shape index (κ1) is 11.1. The summed E-state index contributed by atoms with van der Waals surface area (Å²) in [6.45, 7) is 0.700. The largest absolute Gasteiger partial charge is 0.350 e. The highest BCUT2D eigenvalue weighted by Crippen LogP contribution is 2.12. The maximum atomic E-state index is 11.6. The predicted molar refractivity (Wildman–Crippen MR) is 58.6 cm³/mol. The zero-order chi connectivity index (χ0) is 11.2. The van der Waals surface area contributed by atoms with Crippen molar-refractivity contribution in [2.75, 3.05) is 6.61 Å². The molecule has 1 aromatic rings. The van der Waals surface area contributed by atoms with Gasteiger partial charge in [-0.25, -0.2) is 10.3 Å². The molecule has 86 valence electrons. The lowest BCUT2D eigenvalue weighted by molar-refractivity contribution is -0.186. The van der Waals surface area contributed by atoms with Crippen LogP contribution >= 0.6 is 0 Å². The van der Waals surface area contributed by atoms with Crippen LogP contribution in [0.25, 0.3) is 0 Å². The second-order valence-electron chi connectivity index (χ2n) is 3.71. The predicted octanol–water partition coefficient (Wildman–Crippen LogP) is 1.87. The smallest absolute Gasteiger partial charge is 0.274 e. The van der Waals surface area contributed by atoms with Gasteiger partial charge in [-0.3, -0.25) is 4.79 Å². The van der Waals surface area contributed by atoms with Crippen molar-refractivity contribution in [3.63, 3.8) is 0 Å². The summed E-state index contributed by atoms with van der Waals surface area (Å²) in [4.78, 5) is 16.8. The fraction of sp³-hybridized carbons (Fsp3) is 0.417. The maximum absolute atomic E-state index is 11.6. The number of carbonyl (C=O) groups excluding carboxylic acids is 1. The van der Waals surface area contributed by atoms with Crippen LogP contribution in [0.3, 0.4) is 0 Å². The van der Waals surface area contributed by atoms with Crippen molar-refractivity contribution in [1.82, 2.24) is 5.48 Å². The Balaban J connectivity index is 1.79. The van der Waals surface area contributed by atoms with Gasteiger partial charge in [0.05, 0.1) is 0 Å². The van der Waals surface area contributed by atoms with Crippen LogP contribution < -0.4 is 5.48 Å². The highest BCUT2D eigenvalue weighted by molar-refractivity contribution is 5.93. The highest BCUT2D eigenvalue weighted by atomic mass is 16.8. The van der Waals surface area contributed by atoms with E-state index in [1.807, 2.05) is 18.2 Å². The Morgan fingerprint density at radius 1 is 1.31 bits per heavy atom. The molecule has 4 nitrogen and oxygen atoms in total. The molecular weight excluding hydrogens is 206 g/mol. The second-order valence-corrected chi connectivity index (χ2v) is 3.71. The van der Waals surface area contributed by atoms with Crippen LogP contribution in [-0.4, -0.2) is 18.8 Å². The van der Waals surface area contributed by atoms with Gasteiger partial charge in [0, 0.05) is 18.6 Å². The Kier molecular flexibility index (Phi) is 3.91. The molecule has 1 heterocycles. The number of hydroxylamine groups is 1. The minimum atomic E-state index is -0.304. The molecule has 1 amide bonds. The van der Waals surface area contributed by atoms with Gasteiger partial charge in [0.1, 0.15) is 0 Å². The molecule has 1 aliphatic rings. The van der Waals surface area contributed by atoms with Gasteiger partial charge >= 0.3 is 0 Å². The number of ether oxygens (including phenoxy) is 1. The zero-order valence-electron chi connectivity index (χ0n) is 9.02. The molecule has 1 N–H and O–H groups in total. The second kappa shape index (κ2) is 5.63. The van der Waals surface area contributed by atoms with Crippen LogP contribution in [0.2, 0.25) is 0 Å². The number of hydrogen-bond donors (Lipinski definition) is 1. The topological polar surface area (TPSA) is 47.6 Å². The van der Waals surface area contributed by atoms with E-state index in [1.54, 1.807) is 12.1 Å². The first-order chi connectivity index (χ1) is 7.86. The fourth-order valence-electron chi connectivity index (χ4n) is 1.57. The molecule has 0 saturated carbocycles. The molecule has 1 atom stereocenters. The van der Waals surface area contributed by atoms with Crippen molar-refractivity contribution in [2.24, 2.45) is 0 Å². The van der Waals surface area contributed by atoms with E-state index in [-0.39, 0.29) is 12.2 Å². The number of carbonyl (C=O) groups is 1. The van der Waals surface area contributed by atoms with E-state index in [0.717, 1.165) is 19.3 Å². The van der Waals surface area contributed by atoms with E-state index in [2.05, 4.69) is 5.48 Å². The van der Waals surface area contributed by atoms with Gasteiger partial charge in [-0.2, -0.15) is 0 Å². The fourth-order valence-corrected chi connectivity index (χ4v) is 1.57. The third-order valence-electron chi connectivity index (χ3n) is 2.46. The minimum absolute atomic E-state index is 0.241. The average molecular weight is 221 g/mol. The van der Waals surface area contributed by atoms with Crippen LogP contribution in [-0.2, 0) is 9.57 Å². The summed E-state index contributed by atoms with van der Waals surface area (Å²) in [5, 5.41) is 0. The molecule has 1 saturated heterocycles. The van der Waals surface area contributed by atoms with Crippen molar-refractivity contribution in [3.8, 4) is 0 Å². The first-order valence-corrected chi connectivity index (χ1v) is 5.49. The summed E-state index contributed by atoms with van der Waals surface area (Å²) >= 11 is 0. The summed E-state index contributed by atoms with van der Waals surface area (Å²) in [6, 6.07) is 8.96. The quantitative estimate of drug-likeness (QED) is 0.793. The summed E-state index contributed by atoms with van der Waals surface area (Å²) in [5.41, 5.74) is 2.99. The van der Waals surface area contributed by atoms with Crippen molar-refractivity contribution < 1.29 is 14.4 Å². The summed E-state index contributed by atoms with van der Waals surface area (Å²) in [6.07, 6.45) is 2.66. The Morgan fingerprint density at radius 3 is 2.81 bits per heavy atom. The summed E-state index contributed by atoms with van der Waals surface area (Å²) < 4.78 is 5.33. The Morgan fingerprint density at radius 2 is 2.12 bits per heavy atom.